The maximum atomic E-state index is 5.81. The fraction of sp³-hybridized carbons (Fsp3) is 0.407. The standard InChI is InChI=1S/C27H33N5O2/c1-3-34-26-7-5-4-6-21(26)19-30-13-12-25-22(20-30)18-28-27(29-25)32-16-14-31(15-17-32)23-8-10-24(33-2)11-9-23/h4-11,18H,3,12-17,19-20H2,1-2H3. The summed E-state index contributed by atoms with van der Waals surface area (Å²) in [5.41, 5.74) is 4.90. The van der Waals surface area contributed by atoms with Gasteiger partial charge in [-0.05, 0) is 37.3 Å². The van der Waals surface area contributed by atoms with Crippen molar-refractivity contribution in [1.29, 1.82) is 0 Å². The van der Waals surface area contributed by atoms with Crippen molar-refractivity contribution in [3.8, 4) is 11.5 Å². The van der Waals surface area contributed by atoms with Gasteiger partial charge in [0.05, 0.1) is 19.4 Å². The zero-order valence-electron chi connectivity index (χ0n) is 20.1. The van der Waals surface area contributed by atoms with E-state index in [1.807, 2.05) is 31.3 Å². The number of anilines is 2. The van der Waals surface area contributed by atoms with Crippen LogP contribution in [0.2, 0.25) is 0 Å². The van der Waals surface area contributed by atoms with E-state index in [0.717, 1.165) is 69.7 Å². The first-order valence-corrected chi connectivity index (χ1v) is 12.2. The van der Waals surface area contributed by atoms with Crippen molar-refractivity contribution in [1.82, 2.24) is 14.9 Å². The Hall–Kier alpha value is -3.32. The molecule has 5 rings (SSSR count). The van der Waals surface area contributed by atoms with Gasteiger partial charge in [0, 0.05) is 75.2 Å². The van der Waals surface area contributed by atoms with Crippen LogP contribution in [0, 0.1) is 0 Å². The Labute approximate surface area is 201 Å². The summed E-state index contributed by atoms with van der Waals surface area (Å²) in [5.74, 6) is 2.74. The van der Waals surface area contributed by atoms with Gasteiger partial charge < -0.3 is 19.3 Å². The van der Waals surface area contributed by atoms with Crippen LogP contribution in [0.4, 0.5) is 11.6 Å². The number of methoxy groups -OCH3 is 1. The lowest BCUT2D eigenvalue weighted by Gasteiger charge is -2.36. The molecule has 3 aromatic rings. The number of benzene rings is 2. The van der Waals surface area contributed by atoms with Crippen LogP contribution in [0.5, 0.6) is 11.5 Å². The molecule has 0 aliphatic carbocycles. The molecule has 0 N–H and O–H groups in total. The summed E-state index contributed by atoms with van der Waals surface area (Å²) in [6.07, 6.45) is 2.99. The Morgan fingerprint density at radius 1 is 0.912 bits per heavy atom. The van der Waals surface area contributed by atoms with Gasteiger partial charge in [-0.25, -0.2) is 9.97 Å². The number of ether oxygens (including phenoxy) is 2. The van der Waals surface area contributed by atoms with Crippen molar-refractivity contribution >= 4 is 11.6 Å². The van der Waals surface area contributed by atoms with Gasteiger partial charge in [0.1, 0.15) is 11.5 Å². The SMILES string of the molecule is CCOc1ccccc1CN1CCc2nc(N3CCN(c4ccc(OC)cc4)CC3)ncc2C1. The molecule has 0 radical (unpaired) electrons. The van der Waals surface area contributed by atoms with Gasteiger partial charge in [-0.2, -0.15) is 0 Å². The molecule has 1 saturated heterocycles. The quantitative estimate of drug-likeness (QED) is 0.533. The second kappa shape index (κ2) is 10.3. The van der Waals surface area contributed by atoms with Crippen molar-refractivity contribution in [2.75, 3.05) is 56.2 Å². The monoisotopic (exact) mass is 459 g/mol. The predicted octanol–water partition coefficient (Wildman–Crippen LogP) is 3.77. The zero-order valence-corrected chi connectivity index (χ0v) is 20.1. The number of rotatable bonds is 7. The molecule has 0 unspecified atom stereocenters. The van der Waals surface area contributed by atoms with E-state index in [4.69, 9.17) is 19.4 Å². The second-order valence-electron chi connectivity index (χ2n) is 8.82. The molecule has 0 amide bonds. The van der Waals surface area contributed by atoms with Crippen LogP contribution in [0.25, 0.3) is 0 Å². The van der Waals surface area contributed by atoms with E-state index in [2.05, 4.69) is 45.0 Å². The molecular weight excluding hydrogens is 426 g/mol. The number of para-hydroxylation sites is 1. The van der Waals surface area contributed by atoms with Gasteiger partial charge in [0.15, 0.2) is 0 Å². The highest BCUT2D eigenvalue weighted by atomic mass is 16.5. The Balaban J connectivity index is 1.20. The van der Waals surface area contributed by atoms with Crippen molar-refractivity contribution in [2.24, 2.45) is 0 Å². The molecule has 7 nitrogen and oxygen atoms in total. The molecule has 1 fully saturated rings. The van der Waals surface area contributed by atoms with Crippen LogP contribution in [-0.4, -0.2) is 61.3 Å². The van der Waals surface area contributed by atoms with Gasteiger partial charge in [-0.3, -0.25) is 4.90 Å². The number of fused-ring (bicyclic) bond motifs is 1. The fourth-order valence-corrected chi connectivity index (χ4v) is 4.78. The molecule has 7 heteroatoms. The largest absolute Gasteiger partial charge is 0.497 e. The van der Waals surface area contributed by atoms with Gasteiger partial charge in [0.25, 0.3) is 0 Å². The second-order valence-corrected chi connectivity index (χ2v) is 8.82. The minimum Gasteiger partial charge on any atom is -0.497 e. The number of piperazine rings is 1. The topological polar surface area (TPSA) is 54.0 Å². The third-order valence-corrected chi connectivity index (χ3v) is 6.67. The fourth-order valence-electron chi connectivity index (χ4n) is 4.78. The molecule has 0 spiro atoms. The summed E-state index contributed by atoms with van der Waals surface area (Å²) >= 11 is 0. The number of aromatic nitrogens is 2. The van der Waals surface area contributed by atoms with Gasteiger partial charge in [0.2, 0.25) is 5.95 Å². The average Bonchev–Trinajstić information content (AvgIpc) is 2.90. The Morgan fingerprint density at radius 2 is 1.68 bits per heavy atom. The molecule has 34 heavy (non-hydrogen) atoms. The first-order chi connectivity index (χ1) is 16.7. The smallest absolute Gasteiger partial charge is 0.225 e. The number of hydrogen-bond donors (Lipinski definition) is 0. The third-order valence-electron chi connectivity index (χ3n) is 6.67. The maximum absolute atomic E-state index is 5.81. The lowest BCUT2D eigenvalue weighted by atomic mass is 10.1. The van der Waals surface area contributed by atoms with E-state index in [9.17, 15) is 0 Å². The normalized spacial score (nSPS) is 16.3. The van der Waals surface area contributed by atoms with E-state index in [1.54, 1.807) is 7.11 Å². The van der Waals surface area contributed by atoms with E-state index in [-0.39, 0.29) is 0 Å². The van der Waals surface area contributed by atoms with Crippen molar-refractivity contribution in [3.05, 3.63) is 71.5 Å². The highest BCUT2D eigenvalue weighted by molar-refractivity contribution is 5.51. The van der Waals surface area contributed by atoms with Crippen molar-refractivity contribution in [2.45, 2.75) is 26.4 Å². The molecule has 2 aliphatic rings. The molecular formula is C27H33N5O2. The van der Waals surface area contributed by atoms with Crippen LogP contribution in [0.1, 0.15) is 23.7 Å². The average molecular weight is 460 g/mol. The zero-order chi connectivity index (χ0) is 23.3. The molecule has 2 aliphatic heterocycles. The highest BCUT2D eigenvalue weighted by Gasteiger charge is 2.23. The summed E-state index contributed by atoms with van der Waals surface area (Å²) < 4.78 is 11.1. The molecule has 178 valence electrons. The first kappa shape index (κ1) is 22.5. The van der Waals surface area contributed by atoms with Crippen LogP contribution >= 0.6 is 0 Å². The highest BCUT2D eigenvalue weighted by Crippen LogP contribution is 2.26. The van der Waals surface area contributed by atoms with E-state index in [1.165, 1.54) is 22.5 Å². The molecule has 0 bridgehead atoms. The van der Waals surface area contributed by atoms with Gasteiger partial charge in [-0.15, -0.1) is 0 Å². The van der Waals surface area contributed by atoms with E-state index >= 15 is 0 Å². The van der Waals surface area contributed by atoms with Gasteiger partial charge >= 0.3 is 0 Å². The minimum absolute atomic E-state index is 0.685. The van der Waals surface area contributed by atoms with E-state index < -0.39 is 0 Å². The van der Waals surface area contributed by atoms with Crippen molar-refractivity contribution < 1.29 is 9.47 Å². The molecule has 3 heterocycles. The molecule has 2 aromatic carbocycles. The van der Waals surface area contributed by atoms with E-state index in [0.29, 0.717) is 6.61 Å². The third kappa shape index (κ3) is 4.94. The summed E-state index contributed by atoms with van der Waals surface area (Å²) in [6, 6.07) is 16.6. The molecule has 1 aromatic heterocycles. The molecule has 0 saturated carbocycles. The Morgan fingerprint density at radius 3 is 2.44 bits per heavy atom. The van der Waals surface area contributed by atoms with Gasteiger partial charge in [-0.1, -0.05) is 18.2 Å². The van der Waals surface area contributed by atoms with Crippen LogP contribution < -0.4 is 19.3 Å². The Bertz CT molecular complexity index is 1100. The predicted molar refractivity (Wildman–Crippen MR) is 135 cm³/mol. The minimum atomic E-state index is 0.685. The summed E-state index contributed by atoms with van der Waals surface area (Å²) in [5, 5.41) is 0. The number of hydrogen-bond acceptors (Lipinski definition) is 7. The first-order valence-electron chi connectivity index (χ1n) is 12.2. The lowest BCUT2D eigenvalue weighted by molar-refractivity contribution is 0.237. The summed E-state index contributed by atoms with van der Waals surface area (Å²) in [7, 11) is 1.70. The molecule has 0 atom stereocenters. The number of nitrogens with zero attached hydrogens (tertiary/aromatic N) is 5. The van der Waals surface area contributed by atoms with Crippen LogP contribution in [-0.2, 0) is 19.5 Å². The maximum Gasteiger partial charge on any atom is 0.225 e. The van der Waals surface area contributed by atoms with Crippen molar-refractivity contribution in [3.63, 3.8) is 0 Å². The van der Waals surface area contributed by atoms with Crippen LogP contribution in [0.3, 0.4) is 0 Å². The summed E-state index contributed by atoms with van der Waals surface area (Å²) in [6.45, 7) is 9.23. The van der Waals surface area contributed by atoms with Crippen LogP contribution in [0.15, 0.2) is 54.7 Å². The Kier molecular flexibility index (Phi) is 6.81. The lowest BCUT2D eigenvalue weighted by Crippen LogP contribution is -2.47. The summed E-state index contributed by atoms with van der Waals surface area (Å²) in [4.78, 5) is 16.9.